The molecule has 1 fully saturated rings. The first-order valence-corrected chi connectivity index (χ1v) is 8.69. The van der Waals surface area contributed by atoms with Crippen LogP contribution in [0.3, 0.4) is 0 Å². The molecule has 7 heteroatoms. The van der Waals surface area contributed by atoms with Crippen molar-refractivity contribution in [3.05, 3.63) is 64.5 Å². The van der Waals surface area contributed by atoms with Crippen molar-refractivity contribution in [2.45, 2.75) is 18.8 Å². The first-order chi connectivity index (χ1) is 12.5. The summed E-state index contributed by atoms with van der Waals surface area (Å²) in [4.78, 5) is 18.6. The van der Waals surface area contributed by atoms with Crippen LogP contribution >= 0.6 is 11.6 Å². The number of hydrogen-bond acceptors (Lipinski definition) is 3. The topological polar surface area (TPSA) is 46.3 Å². The first-order valence-electron chi connectivity index (χ1n) is 8.31. The largest absolute Gasteiger partial charge is 0.440 e. The molecule has 1 aromatic heterocycles. The summed E-state index contributed by atoms with van der Waals surface area (Å²) >= 11 is 5.97. The molecule has 2 heterocycles. The Balaban J connectivity index is 1.47. The summed E-state index contributed by atoms with van der Waals surface area (Å²) in [6, 6.07) is 8.15. The second-order valence-electron chi connectivity index (χ2n) is 6.39. The highest BCUT2D eigenvalue weighted by molar-refractivity contribution is 6.31. The van der Waals surface area contributed by atoms with Gasteiger partial charge < -0.3 is 9.32 Å². The van der Waals surface area contributed by atoms with Gasteiger partial charge in [-0.3, -0.25) is 4.79 Å². The van der Waals surface area contributed by atoms with Crippen LogP contribution in [0.25, 0.3) is 11.1 Å². The van der Waals surface area contributed by atoms with Crippen molar-refractivity contribution >= 4 is 28.6 Å². The molecule has 0 saturated carbocycles. The summed E-state index contributed by atoms with van der Waals surface area (Å²) < 4.78 is 32.5. The highest BCUT2D eigenvalue weighted by Crippen LogP contribution is 2.31. The molecule has 0 bridgehead atoms. The molecule has 1 amide bonds. The molecule has 0 radical (unpaired) electrons. The Labute approximate surface area is 153 Å². The van der Waals surface area contributed by atoms with Gasteiger partial charge in [0.2, 0.25) is 0 Å². The van der Waals surface area contributed by atoms with Gasteiger partial charge in [-0.15, -0.1) is 0 Å². The van der Waals surface area contributed by atoms with Crippen LogP contribution in [0.5, 0.6) is 0 Å². The van der Waals surface area contributed by atoms with Gasteiger partial charge in [0, 0.05) is 35.7 Å². The van der Waals surface area contributed by atoms with E-state index in [0.717, 1.165) is 18.2 Å². The van der Waals surface area contributed by atoms with Gasteiger partial charge in [0.05, 0.1) is 0 Å². The summed E-state index contributed by atoms with van der Waals surface area (Å²) in [5, 5.41) is 0.597. The Morgan fingerprint density at radius 1 is 1.12 bits per heavy atom. The number of piperidine rings is 1. The van der Waals surface area contributed by atoms with Crippen LogP contribution < -0.4 is 0 Å². The first kappa shape index (κ1) is 17.0. The predicted molar refractivity (Wildman–Crippen MR) is 93.3 cm³/mol. The minimum atomic E-state index is -0.756. The van der Waals surface area contributed by atoms with Crippen molar-refractivity contribution in [3.63, 3.8) is 0 Å². The lowest BCUT2D eigenvalue weighted by molar-refractivity contribution is 0.0705. The molecular weight excluding hydrogens is 362 g/mol. The lowest BCUT2D eigenvalue weighted by Gasteiger charge is -2.30. The van der Waals surface area contributed by atoms with Crippen molar-refractivity contribution in [2.75, 3.05) is 13.1 Å². The third-order valence-electron chi connectivity index (χ3n) is 4.61. The van der Waals surface area contributed by atoms with Crippen molar-refractivity contribution in [2.24, 2.45) is 0 Å². The molecule has 26 heavy (non-hydrogen) atoms. The molecule has 2 aromatic carbocycles. The van der Waals surface area contributed by atoms with Crippen LogP contribution in [-0.4, -0.2) is 28.9 Å². The number of hydrogen-bond donors (Lipinski definition) is 0. The SMILES string of the molecule is O=C(c1cc(F)cc(F)c1)N1CCC(c2nc3cc(Cl)ccc3o2)CC1. The van der Waals surface area contributed by atoms with E-state index < -0.39 is 11.6 Å². The normalized spacial score (nSPS) is 15.6. The maximum Gasteiger partial charge on any atom is 0.254 e. The molecule has 4 nitrogen and oxygen atoms in total. The summed E-state index contributed by atoms with van der Waals surface area (Å²) in [5.74, 6) is -1.16. The smallest absolute Gasteiger partial charge is 0.254 e. The van der Waals surface area contributed by atoms with Crippen molar-refractivity contribution in [1.82, 2.24) is 9.88 Å². The average Bonchev–Trinajstić information content (AvgIpc) is 3.03. The molecule has 0 spiro atoms. The van der Waals surface area contributed by atoms with E-state index in [9.17, 15) is 13.6 Å². The van der Waals surface area contributed by atoms with Gasteiger partial charge in [0.1, 0.15) is 17.2 Å². The van der Waals surface area contributed by atoms with Gasteiger partial charge >= 0.3 is 0 Å². The number of carbonyl (C=O) groups excluding carboxylic acids is 1. The van der Waals surface area contributed by atoms with E-state index in [4.69, 9.17) is 16.0 Å². The van der Waals surface area contributed by atoms with Crippen LogP contribution in [0.1, 0.15) is 35.0 Å². The summed E-state index contributed by atoms with van der Waals surface area (Å²) in [6.45, 7) is 0.947. The lowest BCUT2D eigenvalue weighted by Crippen LogP contribution is -2.38. The van der Waals surface area contributed by atoms with Crippen LogP contribution in [-0.2, 0) is 0 Å². The Kier molecular flexibility index (Phi) is 4.36. The van der Waals surface area contributed by atoms with Crippen LogP contribution in [0.4, 0.5) is 8.78 Å². The molecule has 0 atom stereocenters. The number of likely N-dealkylation sites (tertiary alicyclic amines) is 1. The maximum absolute atomic E-state index is 13.3. The number of fused-ring (bicyclic) bond motifs is 1. The van der Waals surface area contributed by atoms with E-state index in [1.807, 2.05) is 0 Å². The van der Waals surface area contributed by atoms with Gasteiger partial charge in [-0.25, -0.2) is 13.8 Å². The van der Waals surface area contributed by atoms with Gasteiger partial charge in [-0.05, 0) is 43.2 Å². The number of nitrogens with zero attached hydrogens (tertiary/aromatic N) is 2. The van der Waals surface area contributed by atoms with E-state index in [0.29, 0.717) is 47.9 Å². The monoisotopic (exact) mass is 376 g/mol. The second-order valence-corrected chi connectivity index (χ2v) is 6.83. The number of halogens is 3. The second kappa shape index (κ2) is 6.68. The van der Waals surface area contributed by atoms with Crippen LogP contribution in [0, 0.1) is 11.6 Å². The number of rotatable bonds is 2. The highest BCUT2D eigenvalue weighted by Gasteiger charge is 2.28. The fourth-order valence-corrected chi connectivity index (χ4v) is 3.45. The van der Waals surface area contributed by atoms with E-state index in [-0.39, 0.29) is 17.4 Å². The van der Waals surface area contributed by atoms with Crippen molar-refractivity contribution < 1.29 is 18.0 Å². The quantitative estimate of drug-likeness (QED) is 0.646. The Morgan fingerprint density at radius 3 is 2.50 bits per heavy atom. The predicted octanol–water partition coefficient (Wildman–Crippen LogP) is 4.78. The van der Waals surface area contributed by atoms with E-state index in [1.165, 1.54) is 0 Å². The maximum atomic E-state index is 13.3. The van der Waals surface area contributed by atoms with Crippen LogP contribution in [0.2, 0.25) is 5.02 Å². The molecule has 1 aliphatic rings. The van der Waals surface area contributed by atoms with Gasteiger partial charge in [0.15, 0.2) is 11.5 Å². The zero-order valence-corrected chi connectivity index (χ0v) is 14.5. The Bertz CT molecular complexity index is 961. The third-order valence-corrected chi connectivity index (χ3v) is 4.84. The standard InChI is InChI=1S/C19H15ClF2N2O2/c20-13-1-2-17-16(9-13)23-18(26-17)11-3-5-24(6-4-11)19(25)12-7-14(21)10-15(22)8-12/h1-2,7-11H,3-6H2. The summed E-state index contributed by atoms with van der Waals surface area (Å²) in [5.41, 5.74) is 1.41. The molecule has 0 unspecified atom stereocenters. The molecule has 0 N–H and O–H groups in total. The number of carbonyl (C=O) groups is 1. The average molecular weight is 377 g/mol. The van der Waals surface area contributed by atoms with Crippen molar-refractivity contribution in [1.29, 1.82) is 0 Å². The molecule has 4 rings (SSSR count). The van der Waals surface area contributed by atoms with Gasteiger partial charge in [0.25, 0.3) is 5.91 Å². The highest BCUT2D eigenvalue weighted by atomic mass is 35.5. The van der Waals surface area contributed by atoms with Gasteiger partial charge in [-0.2, -0.15) is 0 Å². The Morgan fingerprint density at radius 2 is 1.81 bits per heavy atom. The molecule has 3 aromatic rings. The fraction of sp³-hybridized carbons (Fsp3) is 0.263. The summed E-state index contributed by atoms with van der Waals surface area (Å²) in [6.07, 6.45) is 1.34. The fourth-order valence-electron chi connectivity index (χ4n) is 3.28. The lowest BCUT2D eigenvalue weighted by atomic mass is 9.96. The minimum absolute atomic E-state index is 0.0254. The zero-order chi connectivity index (χ0) is 18.3. The molecule has 0 aliphatic carbocycles. The minimum Gasteiger partial charge on any atom is -0.440 e. The summed E-state index contributed by atoms with van der Waals surface area (Å²) in [7, 11) is 0. The van der Waals surface area contributed by atoms with Crippen LogP contribution in [0.15, 0.2) is 40.8 Å². The molecule has 1 aliphatic heterocycles. The number of aromatic nitrogens is 1. The zero-order valence-electron chi connectivity index (χ0n) is 13.7. The molecule has 1 saturated heterocycles. The third kappa shape index (κ3) is 3.29. The van der Waals surface area contributed by atoms with E-state index in [1.54, 1.807) is 23.1 Å². The number of amides is 1. The number of benzene rings is 2. The molecular formula is C19H15ClF2N2O2. The van der Waals surface area contributed by atoms with E-state index >= 15 is 0 Å². The van der Waals surface area contributed by atoms with E-state index in [2.05, 4.69) is 4.98 Å². The molecule has 134 valence electrons. The van der Waals surface area contributed by atoms with Crippen molar-refractivity contribution in [3.8, 4) is 0 Å². The van der Waals surface area contributed by atoms with Gasteiger partial charge in [-0.1, -0.05) is 11.6 Å². The Hall–Kier alpha value is -2.47. The number of oxazole rings is 1.